The summed E-state index contributed by atoms with van der Waals surface area (Å²) in [6.45, 7) is 0. The van der Waals surface area contributed by atoms with E-state index in [1.807, 2.05) is 0 Å². The summed E-state index contributed by atoms with van der Waals surface area (Å²) in [5, 5.41) is 0. The first-order valence-electron chi connectivity index (χ1n) is 2.58. The van der Waals surface area contributed by atoms with E-state index in [-0.39, 0.29) is 11.3 Å². The van der Waals surface area contributed by atoms with Gasteiger partial charge in [-0.1, -0.05) is 0 Å². The molecule has 0 atom stereocenters. The number of hydrogen-bond donors (Lipinski definition) is 0. The molecule has 0 fully saturated rings. The zero-order chi connectivity index (χ0) is 7.56. The normalized spacial score (nSPS) is 9.80. The van der Waals surface area contributed by atoms with Gasteiger partial charge in [0.2, 0.25) is 0 Å². The van der Waals surface area contributed by atoms with E-state index >= 15 is 0 Å². The fourth-order valence-electron chi connectivity index (χ4n) is 0.562. The minimum atomic E-state index is -0.103. The van der Waals surface area contributed by atoms with Gasteiger partial charge in [0.15, 0.2) is 10.1 Å². The maximum Gasteiger partial charge on any atom is 0.186 e. The molecule has 1 heterocycles. The van der Waals surface area contributed by atoms with Crippen LogP contribution in [-0.4, -0.2) is 0 Å². The van der Waals surface area contributed by atoms with E-state index in [0.717, 1.165) is 0 Å². The highest BCUT2D eigenvalue weighted by Crippen LogP contribution is 2.09. The zero-order valence-corrected chi connectivity index (χ0v) is 7.28. The van der Waals surface area contributed by atoms with Crippen LogP contribution in [0.2, 0.25) is 0 Å². The smallest absolute Gasteiger partial charge is 0.186 e. The Bertz CT molecular complexity index is 281. The van der Waals surface area contributed by atoms with E-state index in [1.54, 1.807) is 0 Å². The summed E-state index contributed by atoms with van der Waals surface area (Å²) in [4.78, 5) is 10.7. The Kier molecular flexibility index (Phi) is 2.51. The van der Waals surface area contributed by atoms with Crippen molar-refractivity contribution in [2.75, 3.05) is 0 Å². The van der Waals surface area contributed by atoms with Crippen molar-refractivity contribution in [1.29, 1.82) is 0 Å². The standard InChI is InChI=1S/C6H4BrClO2/c7-6-2-4(9)1-5(3-8)10-6/h1-2H,3H2. The molecule has 0 N–H and O–H groups in total. The third kappa shape index (κ3) is 1.85. The second-order valence-corrected chi connectivity index (χ2v) is 2.75. The van der Waals surface area contributed by atoms with E-state index < -0.39 is 0 Å². The Hall–Kier alpha value is -0.280. The van der Waals surface area contributed by atoms with Crippen molar-refractivity contribution in [3.8, 4) is 0 Å². The summed E-state index contributed by atoms with van der Waals surface area (Å²) in [6.07, 6.45) is 0. The molecule has 54 valence electrons. The third-order valence-corrected chi connectivity index (χ3v) is 1.57. The summed E-state index contributed by atoms with van der Waals surface area (Å²) in [5.74, 6) is 0.690. The van der Waals surface area contributed by atoms with Crippen molar-refractivity contribution in [2.45, 2.75) is 5.88 Å². The van der Waals surface area contributed by atoms with Crippen LogP contribution >= 0.6 is 27.5 Å². The number of halogens is 2. The van der Waals surface area contributed by atoms with Crippen LogP contribution in [0.4, 0.5) is 0 Å². The average Bonchev–Trinajstić information content (AvgIpc) is 1.85. The first-order chi connectivity index (χ1) is 4.72. The molecule has 4 heteroatoms. The summed E-state index contributed by atoms with van der Waals surface area (Å²) in [7, 11) is 0. The summed E-state index contributed by atoms with van der Waals surface area (Å²) in [6, 6.07) is 2.70. The maximum absolute atomic E-state index is 10.7. The molecule has 0 aliphatic carbocycles. The van der Waals surface area contributed by atoms with Crippen LogP contribution in [0.3, 0.4) is 0 Å². The zero-order valence-electron chi connectivity index (χ0n) is 4.93. The molecular weight excluding hydrogens is 219 g/mol. The predicted octanol–water partition coefficient (Wildman–Crippen LogP) is 2.14. The first-order valence-corrected chi connectivity index (χ1v) is 3.90. The predicted molar refractivity (Wildman–Crippen MR) is 42.2 cm³/mol. The molecule has 1 aromatic heterocycles. The van der Waals surface area contributed by atoms with Gasteiger partial charge >= 0.3 is 0 Å². The summed E-state index contributed by atoms with van der Waals surface area (Å²) >= 11 is 8.45. The van der Waals surface area contributed by atoms with Gasteiger partial charge in [0.05, 0.1) is 5.88 Å². The summed E-state index contributed by atoms with van der Waals surface area (Å²) < 4.78 is 5.40. The van der Waals surface area contributed by atoms with Crippen LogP contribution in [0.5, 0.6) is 0 Å². The first kappa shape index (κ1) is 7.82. The number of alkyl halides is 1. The van der Waals surface area contributed by atoms with Crippen molar-refractivity contribution in [3.05, 3.63) is 32.8 Å². The minimum Gasteiger partial charge on any atom is -0.453 e. The van der Waals surface area contributed by atoms with Crippen LogP contribution in [-0.2, 0) is 5.88 Å². The van der Waals surface area contributed by atoms with Crippen LogP contribution in [0.25, 0.3) is 0 Å². The van der Waals surface area contributed by atoms with Crippen LogP contribution < -0.4 is 5.43 Å². The lowest BCUT2D eigenvalue weighted by molar-refractivity contribution is 0.485. The second-order valence-electron chi connectivity index (χ2n) is 1.70. The quantitative estimate of drug-likeness (QED) is 0.683. The summed E-state index contributed by atoms with van der Waals surface area (Å²) in [5.41, 5.74) is -0.103. The molecule has 0 saturated carbocycles. The molecule has 0 bridgehead atoms. The van der Waals surface area contributed by atoms with Crippen LogP contribution in [0.15, 0.2) is 26.0 Å². The lowest BCUT2D eigenvalue weighted by Crippen LogP contribution is -1.97. The monoisotopic (exact) mass is 222 g/mol. The van der Waals surface area contributed by atoms with Crippen LogP contribution in [0, 0.1) is 0 Å². The molecule has 0 amide bonds. The minimum absolute atomic E-state index is 0.103. The van der Waals surface area contributed by atoms with Gasteiger partial charge in [-0.3, -0.25) is 4.79 Å². The molecule has 10 heavy (non-hydrogen) atoms. The Balaban J connectivity index is 3.19. The van der Waals surface area contributed by atoms with E-state index in [1.165, 1.54) is 12.1 Å². The molecule has 0 radical (unpaired) electrons. The molecule has 2 nitrogen and oxygen atoms in total. The molecule has 0 aliphatic rings. The Labute approximate surface area is 70.9 Å². The van der Waals surface area contributed by atoms with Gasteiger partial charge < -0.3 is 4.42 Å². The third-order valence-electron chi connectivity index (χ3n) is 0.919. The molecule has 0 unspecified atom stereocenters. The fraction of sp³-hybridized carbons (Fsp3) is 0.167. The van der Waals surface area contributed by atoms with Crippen molar-refractivity contribution in [3.63, 3.8) is 0 Å². The molecule has 1 rings (SSSR count). The van der Waals surface area contributed by atoms with Gasteiger partial charge in [-0.15, -0.1) is 11.6 Å². The maximum atomic E-state index is 10.7. The lowest BCUT2D eigenvalue weighted by atomic mass is 10.4. The van der Waals surface area contributed by atoms with Gasteiger partial charge in [0.25, 0.3) is 0 Å². The highest BCUT2D eigenvalue weighted by molar-refractivity contribution is 9.10. The topological polar surface area (TPSA) is 30.2 Å². The number of hydrogen-bond acceptors (Lipinski definition) is 2. The molecular formula is C6H4BrClO2. The molecule has 0 saturated heterocycles. The Morgan fingerprint density at radius 3 is 2.80 bits per heavy atom. The van der Waals surface area contributed by atoms with Crippen molar-refractivity contribution >= 4 is 27.5 Å². The van der Waals surface area contributed by atoms with Crippen molar-refractivity contribution in [1.82, 2.24) is 0 Å². The SMILES string of the molecule is O=c1cc(Br)oc(CCl)c1. The van der Waals surface area contributed by atoms with Gasteiger partial charge in [-0.25, -0.2) is 0 Å². The molecule has 1 aromatic rings. The van der Waals surface area contributed by atoms with E-state index in [2.05, 4.69) is 15.9 Å². The van der Waals surface area contributed by atoms with E-state index in [9.17, 15) is 4.79 Å². The van der Waals surface area contributed by atoms with Gasteiger partial charge in [0.1, 0.15) is 5.76 Å². The molecule has 0 spiro atoms. The van der Waals surface area contributed by atoms with E-state index in [4.69, 9.17) is 16.0 Å². The Morgan fingerprint density at radius 1 is 1.60 bits per heavy atom. The van der Waals surface area contributed by atoms with Crippen molar-refractivity contribution in [2.24, 2.45) is 0 Å². The largest absolute Gasteiger partial charge is 0.453 e. The van der Waals surface area contributed by atoms with Crippen molar-refractivity contribution < 1.29 is 4.42 Å². The van der Waals surface area contributed by atoms with Crippen LogP contribution in [0.1, 0.15) is 5.76 Å². The molecule has 0 aliphatic heterocycles. The van der Waals surface area contributed by atoms with Gasteiger partial charge in [0, 0.05) is 12.1 Å². The van der Waals surface area contributed by atoms with Gasteiger partial charge in [-0.05, 0) is 15.9 Å². The lowest BCUT2D eigenvalue weighted by Gasteiger charge is -1.92. The number of rotatable bonds is 1. The second kappa shape index (κ2) is 3.21. The average molecular weight is 223 g/mol. The van der Waals surface area contributed by atoms with Gasteiger partial charge in [-0.2, -0.15) is 0 Å². The highest BCUT2D eigenvalue weighted by Gasteiger charge is 1.96. The fourth-order valence-corrected chi connectivity index (χ4v) is 1.13. The highest BCUT2D eigenvalue weighted by atomic mass is 79.9. The molecule has 0 aromatic carbocycles. The van der Waals surface area contributed by atoms with E-state index in [0.29, 0.717) is 10.4 Å². The Morgan fingerprint density at radius 2 is 2.30 bits per heavy atom.